The molecule has 8 heteroatoms. The second kappa shape index (κ2) is 11.3. The topological polar surface area (TPSA) is 55.6 Å². The van der Waals surface area contributed by atoms with E-state index in [9.17, 15) is 13.6 Å². The number of nitrogens with zero attached hydrogens (tertiary/aromatic N) is 1. The number of benzene rings is 3. The lowest BCUT2D eigenvalue weighted by molar-refractivity contribution is -0.0498. The third-order valence-electron chi connectivity index (χ3n) is 5.62. The molecule has 0 heterocycles. The minimum Gasteiger partial charge on any atom is -0.435 e. The van der Waals surface area contributed by atoms with Gasteiger partial charge in [-0.3, -0.25) is 4.79 Å². The highest BCUT2D eigenvalue weighted by atomic mass is 35.5. The van der Waals surface area contributed by atoms with Crippen molar-refractivity contribution in [3.8, 4) is 5.75 Å². The van der Waals surface area contributed by atoms with Crippen LogP contribution in [0, 0.1) is 0 Å². The zero-order valence-electron chi connectivity index (χ0n) is 19.8. The van der Waals surface area contributed by atoms with Crippen molar-refractivity contribution < 1.29 is 18.3 Å². The first-order chi connectivity index (χ1) is 16.5. The maximum absolute atomic E-state index is 13.6. The van der Waals surface area contributed by atoms with E-state index in [1.807, 2.05) is 24.3 Å². The van der Waals surface area contributed by atoms with Gasteiger partial charge in [-0.1, -0.05) is 80.4 Å². The van der Waals surface area contributed by atoms with Crippen LogP contribution in [-0.2, 0) is 18.4 Å². The van der Waals surface area contributed by atoms with Gasteiger partial charge in [0.25, 0.3) is 5.91 Å². The van der Waals surface area contributed by atoms with Gasteiger partial charge in [-0.05, 0) is 52.8 Å². The Morgan fingerprint density at radius 1 is 1.03 bits per heavy atom. The Morgan fingerprint density at radius 2 is 1.71 bits per heavy atom. The number of ether oxygens (including phenoxy) is 1. The van der Waals surface area contributed by atoms with Crippen LogP contribution < -0.4 is 10.5 Å². The van der Waals surface area contributed by atoms with Crippen molar-refractivity contribution >= 4 is 34.8 Å². The Morgan fingerprint density at radius 3 is 2.34 bits per heavy atom. The summed E-state index contributed by atoms with van der Waals surface area (Å²) in [6, 6.07) is 17.6. The fraction of sp³-hybridized carbons (Fsp3) is 0.296. The molecule has 0 fully saturated rings. The van der Waals surface area contributed by atoms with Crippen LogP contribution in [0.15, 0.2) is 60.7 Å². The van der Waals surface area contributed by atoms with Crippen LogP contribution in [0.1, 0.15) is 47.8 Å². The molecule has 0 aliphatic heterocycles. The first-order valence-corrected chi connectivity index (χ1v) is 11.9. The molecule has 4 nitrogen and oxygen atoms in total. The summed E-state index contributed by atoms with van der Waals surface area (Å²) >= 11 is 12.5. The zero-order valence-corrected chi connectivity index (χ0v) is 21.3. The summed E-state index contributed by atoms with van der Waals surface area (Å²) in [4.78, 5) is 15.2. The first-order valence-electron chi connectivity index (χ1n) is 11.1. The lowest BCUT2D eigenvalue weighted by Gasteiger charge is -2.25. The number of amides is 1. The first kappa shape index (κ1) is 26.8. The molecule has 3 rings (SSSR count). The zero-order chi connectivity index (χ0) is 25.8. The molecule has 0 bridgehead atoms. The largest absolute Gasteiger partial charge is 0.435 e. The fourth-order valence-corrected chi connectivity index (χ4v) is 4.08. The Balaban J connectivity index is 1.88. The predicted molar refractivity (Wildman–Crippen MR) is 138 cm³/mol. The highest BCUT2D eigenvalue weighted by Gasteiger charge is 2.23. The Labute approximate surface area is 214 Å². The molecule has 0 saturated carbocycles. The average molecular weight is 521 g/mol. The van der Waals surface area contributed by atoms with Crippen molar-refractivity contribution in [2.24, 2.45) is 0 Å². The van der Waals surface area contributed by atoms with E-state index in [4.69, 9.17) is 28.9 Å². The van der Waals surface area contributed by atoms with Crippen LogP contribution in [0.2, 0.25) is 10.0 Å². The maximum Gasteiger partial charge on any atom is 0.387 e. The van der Waals surface area contributed by atoms with Gasteiger partial charge in [0.2, 0.25) is 0 Å². The van der Waals surface area contributed by atoms with Crippen LogP contribution in [-0.4, -0.2) is 24.0 Å². The molecular formula is C27H28Cl2F2N2O2. The smallest absolute Gasteiger partial charge is 0.387 e. The van der Waals surface area contributed by atoms with E-state index in [2.05, 4.69) is 25.5 Å². The lowest BCUT2D eigenvalue weighted by Crippen LogP contribution is -2.33. The number of anilines is 1. The summed E-state index contributed by atoms with van der Waals surface area (Å²) in [5, 5.41) is 0.327. The maximum atomic E-state index is 13.6. The molecule has 0 aliphatic carbocycles. The molecule has 186 valence electrons. The van der Waals surface area contributed by atoms with E-state index < -0.39 is 6.61 Å². The predicted octanol–water partition coefficient (Wildman–Crippen LogP) is 7.36. The SMILES string of the molecule is CC(C)(C)c1ccc(CN(CCc2cccc(OC(F)F)c2)C(=O)c2c(N)ccc(Cl)c2Cl)cc1. The van der Waals surface area contributed by atoms with E-state index in [1.165, 1.54) is 17.7 Å². The number of hydrogen-bond acceptors (Lipinski definition) is 3. The molecule has 0 atom stereocenters. The third-order valence-corrected chi connectivity index (χ3v) is 6.42. The summed E-state index contributed by atoms with van der Waals surface area (Å²) in [7, 11) is 0. The van der Waals surface area contributed by atoms with Gasteiger partial charge in [-0.25, -0.2) is 0 Å². The molecule has 3 aromatic carbocycles. The van der Waals surface area contributed by atoms with E-state index in [0.29, 0.717) is 19.5 Å². The number of carbonyl (C=O) groups excluding carboxylic acids is 1. The number of halogens is 4. The van der Waals surface area contributed by atoms with Crippen molar-refractivity contribution in [1.82, 2.24) is 4.90 Å². The summed E-state index contributed by atoms with van der Waals surface area (Å²) in [6.07, 6.45) is 0.407. The molecular weight excluding hydrogens is 493 g/mol. The van der Waals surface area contributed by atoms with Crippen molar-refractivity contribution in [1.29, 1.82) is 0 Å². The average Bonchev–Trinajstić information content (AvgIpc) is 2.79. The van der Waals surface area contributed by atoms with E-state index in [-0.39, 0.29) is 38.4 Å². The van der Waals surface area contributed by atoms with Crippen molar-refractivity contribution in [2.75, 3.05) is 12.3 Å². The number of nitrogens with two attached hydrogens (primary N) is 1. The minimum absolute atomic E-state index is 0.00210. The van der Waals surface area contributed by atoms with E-state index in [0.717, 1.165) is 11.1 Å². The molecule has 1 amide bonds. The number of carbonyl (C=O) groups is 1. The Bertz CT molecular complexity index is 1180. The normalized spacial score (nSPS) is 11.5. The van der Waals surface area contributed by atoms with Gasteiger partial charge in [0.1, 0.15) is 5.75 Å². The van der Waals surface area contributed by atoms with Gasteiger partial charge in [0.15, 0.2) is 0 Å². The summed E-state index contributed by atoms with van der Waals surface area (Å²) in [5.41, 5.74) is 9.30. The van der Waals surface area contributed by atoms with Gasteiger partial charge in [0.05, 0.1) is 15.6 Å². The summed E-state index contributed by atoms with van der Waals surface area (Å²) in [5.74, 6) is -0.301. The highest BCUT2D eigenvalue weighted by Crippen LogP contribution is 2.32. The molecule has 0 radical (unpaired) electrons. The summed E-state index contributed by atoms with van der Waals surface area (Å²) < 4.78 is 29.7. The van der Waals surface area contributed by atoms with Gasteiger partial charge in [0, 0.05) is 18.8 Å². The molecule has 3 aromatic rings. The molecule has 0 aromatic heterocycles. The second-order valence-electron chi connectivity index (χ2n) is 9.28. The fourth-order valence-electron chi connectivity index (χ4n) is 3.67. The Kier molecular flexibility index (Phi) is 8.62. The van der Waals surface area contributed by atoms with E-state index >= 15 is 0 Å². The molecule has 35 heavy (non-hydrogen) atoms. The Hall–Kier alpha value is -2.83. The molecule has 0 saturated heterocycles. The number of nitrogen functional groups attached to an aromatic ring is 1. The van der Waals surface area contributed by atoms with Crippen molar-refractivity contribution in [3.63, 3.8) is 0 Å². The molecule has 0 aliphatic rings. The van der Waals surface area contributed by atoms with Crippen LogP contribution in [0.25, 0.3) is 0 Å². The van der Waals surface area contributed by atoms with Gasteiger partial charge < -0.3 is 15.4 Å². The molecule has 0 unspecified atom stereocenters. The lowest BCUT2D eigenvalue weighted by atomic mass is 9.87. The van der Waals surface area contributed by atoms with Crippen LogP contribution in [0.5, 0.6) is 5.75 Å². The third kappa shape index (κ3) is 7.09. The van der Waals surface area contributed by atoms with Gasteiger partial charge >= 0.3 is 6.61 Å². The van der Waals surface area contributed by atoms with Crippen LogP contribution >= 0.6 is 23.2 Å². The van der Waals surface area contributed by atoms with E-state index in [1.54, 1.807) is 29.2 Å². The van der Waals surface area contributed by atoms with Gasteiger partial charge in [-0.2, -0.15) is 8.78 Å². The van der Waals surface area contributed by atoms with Gasteiger partial charge in [-0.15, -0.1) is 0 Å². The van der Waals surface area contributed by atoms with Crippen LogP contribution in [0.3, 0.4) is 0 Å². The number of rotatable bonds is 8. The monoisotopic (exact) mass is 520 g/mol. The quantitative estimate of drug-likeness (QED) is 0.315. The summed E-state index contributed by atoms with van der Waals surface area (Å²) in [6.45, 7) is 4.08. The second-order valence-corrected chi connectivity index (χ2v) is 10.1. The standard InChI is InChI=1S/C27H28Cl2F2N2O2/c1-27(2,3)19-9-7-18(8-10-19)16-33(25(34)23-22(32)12-11-21(28)24(23)29)14-13-17-5-4-6-20(15-17)35-26(30)31/h4-12,15,26H,13-14,16,32H2,1-3H3. The number of alkyl halides is 2. The molecule has 2 N–H and O–H groups in total. The van der Waals surface area contributed by atoms with Crippen LogP contribution in [0.4, 0.5) is 14.5 Å². The number of hydrogen-bond donors (Lipinski definition) is 1. The highest BCUT2D eigenvalue weighted by molar-refractivity contribution is 6.44. The minimum atomic E-state index is -2.91. The van der Waals surface area contributed by atoms with Crippen molar-refractivity contribution in [3.05, 3.63) is 93.0 Å². The molecule has 0 spiro atoms. The van der Waals surface area contributed by atoms with Crippen molar-refractivity contribution in [2.45, 2.75) is 45.8 Å².